The van der Waals surface area contributed by atoms with Gasteiger partial charge in [0, 0.05) is 43.5 Å². The van der Waals surface area contributed by atoms with Gasteiger partial charge in [-0.25, -0.2) is 15.0 Å². The van der Waals surface area contributed by atoms with Crippen LogP contribution in [-0.2, 0) is 6.54 Å². The average Bonchev–Trinajstić information content (AvgIpc) is 3.49. The van der Waals surface area contributed by atoms with Gasteiger partial charge in [-0.3, -0.25) is 14.2 Å². The van der Waals surface area contributed by atoms with Crippen molar-refractivity contribution < 1.29 is 9.90 Å². The maximum Gasteiger partial charge on any atom is 0.254 e. The zero-order valence-corrected chi connectivity index (χ0v) is 20.3. The third-order valence-electron chi connectivity index (χ3n) is 7.16. The van der Waals surface area contributed by atoms with Crippen molar-refractivity contribution in [1.29, 1.82) is 0 Å². The molecule has 4 aromatic rings. The Bertz CT molecular complexity index is 1440. The zero-order chi connectivity index (χ0) is 24.9. The SMILES string of the molecule is CC(C)(O)[C@H]1CCCN(c2ccc(Nc3cnc(-c4cnc5ncccn45)c4c3C(=O)NC4)nc2)C1. The van der Waals surface area contributed by atoms with Gasteiger partial charge in [0.1, 0.15) is 5.82 Å². The van der Waals surface area contributed by atoms with Crippen LogP contribution in [0.2, 0.25) is 0 Å². The number of hydrogen-bond donors (Lipinski definition) is 3. The lowest BCUT2D eigenvalue weighted by Gasteiger charge is -2.39. The average molecular weight is 485 g/mol. The molecule has 36 heavy (non-hydrogen) atoms. The molecule has 184 valence electrons. The van der Waals surface area contributed by atoms with Crippen molar-refractivity contribution >= 4 is 28.9 Å². The predicted octanol–water partition coefficient (Wildman–Crippen LogP) is 3.16. The van der Waals surface area contributed by atoms with Crippen LogP contribution in [0.15, 0.2) is 49.2 Å². The Balaban J connectivity index is 1.27. The molecule has 1 atom stereocenters. The molecule has 2 aliphatic heterocycles. The quantitative estimate of drug-likeness (QED) is 0.395. The van der Waals surface area contributed by atoms with Gasteiger partial charge in [-0.2, -0.15) is 0 Å². The van der Waals surface area contributed by atoms with Crippen LogP contribution in [0.25, 0.3) is 17.2 Å². The summed E-state index contributed by atoms with van der Waals surface area (Å²) in [5.74, 6) is 1.28. The summed E-state index contributed by atoms with van der Waals surface area (Å²) in [6, 6.07) is 5.77. The van der Waals surface area contributed by atoms with E-state index in [2.05, 4.69) is 30.5 Å². The summed E-state index contributed by atoms with van der Waals surface area (Å²) in [4.78, 5) is 33.0. The van der Waals surface area contributed by atoms with Gasteiger partial charge in [-0.1, -0.05) is 0 Å². The lowest BCUT2D eigenvalue weighted by Crippen LogP contribution is -2.44. The predicted molar refractivity (Wildman–Crippen MR) is 136 cm³/mol. The van der Waals surface area contributed by atoms with E-state index in [1.54, 1.807) is 18.6 Å². The third kappa shape index (κ3) is 3.93. The summed E-state index contributed by atoms with van der Waals surface area (Å²) in [5, 5.41) is 16.6. The molecule has 0 bridgehead atoms. The van der Waals surface area contributed by atoms with Gasteiger partial charge in [-0.15, -0.1) is 0 Å². The van der Waals surface area contributed by atoms with Crippen molar-refractivity contribution in [2.75, 3.05) is 23.3 Å². The summed E-state index contributed by atoms with van der Waals surface area (Å²) >= 11 is 0. The summed E-state index contributed by atoms with van der Waals surface area (Å²) < 4.78 is 1.86. The molecule has 0 radical (unpaired) electrons. The number of carbonyl (C=O) groups is 1. The van der Waals surface area contributed by atoms with Gasteiger partial charge >= 0.3 is 0 Å². The number of aliphatic hydroxyl groups is 1. The molecule has 3 N–H and O–H groups in total. The number of amides is 1. The maximum atomic E-state index is 12.8. The van der Waals surface area contributed by atoms with Gasteiger partial charge in [0.15, 0.2) is 0 Å². The Morgan fingerprint density at radius 1 is 1.14 bits per heavy atom. The summed E-state index contributed by atoms with van der Waals surface area (Å²) in [6.07, 6.45) is 10.9. The normalized spacial score (nSPS) is 17.8. The molecule has 1 fully saturated rings. The standard InChI is InChI=1S/C26H28N8O2/c1-26(2,36)16-5-3-9-33(15-16)17-6-7-21(28-11-17)32-19-13-29-23(18-12-30-24(35)22(18)19)20-14-31-25-27-8-4-10-34(20)25/h4,6-8,10-11,13-14,16,36H,3,5,9,12,15H2,1-2H3,(H,28,32)(H,30,35)/t16-/m0/s1. The second kappa shape index (κ2) is 8.56. The molecule has 1 saturated heterocycles. The number of hydrogen-bond acceptors (Lipinski definition) is 8. The second-order valence-electron chi connectivity index (χ2n) is 9.96. The Morgan fingerprint density at radius 3 is 2.83 bits per heavy atom. The van der Waals surface area contributed by atoms with Crippen LogP contribution in [0.4, 0.5) is 17.2 Å². The first kappa shape index (κ1) is 22.4. The number of nitrogens with one attached hydrogen (secondary N) is 2. The Labute approximate surface area is 208 Å². The van der Waals surface area contributed by atoms with Crippen molar-refractivity contribution in [2.45, 2.75) is 38.8 Å². The fourth-order valence-corrected chi connectivity index (χ4v) is 5.13. The minimum absolute atomic E-state index is 0.148. The number of imidazole rings is 1. The van der Waals surface area contributed by atoms with Crippen LogP contribution >= 0.6 is 0 Å². The first-order valence-electron chi connectivity index (χ1n) is 12.2. The molecule has 10 heteroatoms. The van der Waals surface area contributed by atoms with Gasteiger partial charge in [0.05, 0.1) is 52.5 Å². The highest BCUT2D eigenvalue weighted by Crippen LogP contribution is 2.34. The number of piperidine rings is 1. The number of pyridine rings is 2. The van der Waals surface area contributed by atoms with E-state index in [4.69, 9.17) is 4.98 Å². The highest BCUT2D eigenvalue weighted by molar-refractivity contribution is 6.05. The van der Waals surface area contributed by atoms with Crippen molar-refractivity contribution in [3.05, 3.63) is 60.3 Å². The van der Waals surface area contributed by atoms with Gasteiger partial charge in [0.2, 0.25) is 5.78 Å². The molecule has 0 spiro atoms. The second-order valence-corrected chi connectivity index (χ2v) is 9.96. The molecule has 0 unspecified atom stereocenters. The minimum atomic E-state index is -0.701. The largest absolute Gasteiger partial charge is 0.390 e. The number of nitrogens with zero attached hydrogens (tertiary/aromatic N) is 6. The van der Waals surface area contributed by atoms with E-state index in [-0.39, 0.29) is 11.8 Å². The van der Waals surface area contributed by atoms with E-state index in [1.807, 2.05) is 48.8 Å². The van der Waals surface area contributed by atoms with Crippen molar-refractivity contribution in [3.8, 4) is 11.4 Å². The molecule has 1 amide bonds. The highest BCUT2D eigenvalue weighted by atomic mass is 16.3. The fourth-order valence-electron chi connectivity index (χ4n) is 5.13. The minimum Gasteiger partial charge on any atom is -0.390 e. The third-order valence-corrected chi connectivity index (χ3v) is 7.16. The van der Waals surface area contributed by atoms with Crippen LogP contribution in [0.3, 0.4) is 0 Å². The van der Waals surface area contributed by atoms with Crippen LogP contribution in [0.1, 0.15) is 42.6 Å². The van der Waals surface area contributed by atoms with E-state index in [1.165, 1.54) is 0 Å². The molecule has 0 aromatic carbocycles. The molecule has 6 rings (SSSR count). The number of aromatic nitrogens is 5. The molecular formula is C26H28N8O2. The topological polar surface area (TPSA) is 121 Å². The molecule has 6 heterocycles. The summed E-state index contributed by atoms with van der Waals surface area (Å²) in [7, 11) is 0. The van der Waals surface area contributed by atoms with E-state index < -0.39 is 5.60 Å². The zero-order valence-electron chi connectivity index (χ0n) is 20.3. The van der Waals surface area contributed by atoms with Crippen LogP contribution < -0.4 is 15.5 Å². The highest BCUT2D eigenvalue weighted by Gasteiger charge is 2.32. The van der Waals surface area contributed by atoms with Gasteiger partial charge in [0.25, 0.3) is 5.91 Å². The Hall–Kier alpha value is -4.05. The first-order chi connectivity index (χ1) is 17.4. The lowest BCUT2D eigenvalue weighted by atomic mass is 9.84. The lowest BCUT2D eigenvalue weighted by molar-refractivity contribution is 0.0110. The monoisotopic (exact) mass is 484 g/mol. The molecule has 0 saturated carbocycles. The van der Waals surface area contributed by atoms with Crippen LogP contribution in [-0.4, -0.2) is 54.0 Å². The first-order valence-corrected chi connectivity index (χ1v) is 12.2. The summed E-state index contributed by atoms with van der Waals surface area (Å²) in [6.45, 7) is 5.90. The molecule has 10 nitrogen and oxygen atoms in total. The van der Waals surface area contributed by atoms with Crippen molar-refractivity contribution in [3.63, 3.8) is 0 Å². The summed E-state index contributed by atoms with van der Waals surface area (Å²) in [5.41, 5.74) is 3.79. The number of anilines is 3. The Kier molecular flexibility index (Phi) is 5.33. The van der Waals surface area contributed by atoms with E-state index in [0.717, 1.165) is 42.9 Å². The van der Waals surface area contributed by atoms with Crippen LogP contribution in [0.5, 0.6) is 0 Å². The van der Waals surface area contributed by atoms with Gasteiger partial charge < -0.3 is 20.6 Å². The Morgan fingerprint density at radius 2 is 2.03 bits per heavy atom. The smallest absolute Gasteiger partial charge is 0.254 e. The van der Waals surface area contributed by atoms with Crippen molar-refractivity contribution in [1.82, 2.24) is 29.7 Å². The maximum absolute atomic E-state index is 12.8. The van der Waals surface area contributed by atoms with Gasteiger partial charge in [-0.05, 0) is 44.9 Å². The fraction of sp³-hybridized carbons (Fsp3) is 0.346. The van der Waals surface area contributed by atoms with Crippen LogP contribution in [0, 0.1) is 5.92 Å². The molecule has 2 aliphatic rings. The number of carbonyl (C=O) groups excluding carboxylic acids is 1. The molecule has 4 aromatic heterocycles. The number of fused-ring (bicyclic) bond motifs is 2. The van der Waals surface area contributed by atoms with E-state index in [0.29, 0.717) is 35.1 Å². The molecule has 0 aliphatic carbocycles. The van der Waals surface area contributed by atoms with E-state index >= 15 is 0 Å². The number of rotatable bonds is 5. The van der Waals surface area contributed by atoms with E-state index in [9.17, 15) is 9.90 Å². The van der Waals surface area contributed by atoms with Crippen molar-refractivity contribution in [2.24, 2.45) is 5.92 Å². The molecular weight excluding hydrogens is 456 g/mol.